The summed E-state index contributed by atoms with van der Waals surface area (Å²) < 4.78 is 0.256. The average Bonchev–Trinajstić information content (AvgIpc) is 1.65. The predicted molar refractivity (Wildman–Crippen MR) is 41.6 cm³/mol. The Balaban J connectivity index is 3.14. The van der Waals surface area contributed by atoms with Crippen molar-refractivity contribution in [3.05, 3.63) is 0 Å². The lowest BCUT2D eigenvalue weighted by Crippen LogP contribution is -2.03. The van der Waals surface area contributed by atoms with Crippen molar-refractivity contribution >= 4 is 43.5 Å². The van der Waals surface area contributed by atoms with Gasteiger partial charge >= 0.3 is 0 Å². The fourth-order valence-electron chi connectivity index (χ4n) is 0.178. The lowest BCUT2D eigenvalue weighted by molar-refractivity contribution is 0.892. The summed E-state index contributed by atoms with van der Waals surface area (Å²) in [6.07, 6.45) is 0.989. The maximum absolute atomic E-state index is 5.71. The van der Waals surface area contributed by atoms with Crippen molar-refractivity contribution in [3.8, 4) is 0 Å². The van der Waals surface area contributed by atoms with E-state index in [2.05, 4.69) is 31.9 Å². The number of hydrogen-bond donors (Lipinski definition) is 0. The largest absolute Gasteiger partial charge is 0.121 e. The molecule has 0 bridgehead atoms. The molecule has 44 valence electrons. The van der Waals surface area contributed by atoms with Gasteiger partial charge in [0.2, 0.25) is 0 Å². The Morgan fingerprint density at radius 2 is 2.00 bits per heavy atom. The molecule has 0 aliphatic rings. The van der Waals surface area contributed by atoms with E-state index >= 15 is 0 Å². The van der Waals surface area contributed by atoms with E-state index in [1.165, 1.54) is 0 Å². The van der Waals surface area contributed by atoms with Gasteiger partial charge in [0.25, 0.3) is 0 Å². The van der Waals surface area contributed by atoms with Crippen LogP contribution < -0.4 is 0 Å². The van der Waals surface area contributed by atoms with Crippen LogP contribution in [-0.4, -0.2) is 9.11 Å². The van der Waals surface area contributed by atoms with Crippen LogP contribution in [0.1, 0.15) is 13.3 Å². The van der Waals surface area contributed by atoms with Crippen molar-refractivity contribution in [3.63, 3.8) is 0 Å². The first-order chi connectivity index (χ1) is 3.18. The maximum Gasteiger partial charge on any atom is 0.0860 e. The normalized spacial score (nSPS) is 15.0. The molecule has 0 fully saturated rings. The minimum Gasteiger partial charge on any atom is -0.121 e. The number of rotatable bonds is 2. The van der Waals surface area contributed by atoms with Gasteiger partial charge in [-0.05, 0) is 6.42 Å². The van der Waals surface area contributed by atoms with Gasteiger partial charge in [0.15, 0.2) is 0 Å². The van der Waals surface area contributed by atoms with E-state index in [4.69, 9.17) is 11.6 Å². The molecule has 0 N–H and O–H groups in total. The Labute approximate surface area is 65.9 Å². The van der Waals surface area contributed by atoms with E-state index in [0.29, 0.717) is 0 Å². The zero-order valence-corrected chi connectivity index (χ0v) is 7.92. The van der Waals surface area contributed by atoms with Crippen LogP contribution in [0.15, 0.2) is 0 Å². The third-order valence-corrected chi connectivity index (χ3v) is 3.11. The molecule has 1 atom stereocenters. The lowest BCUT2D eigenvalue weighted by Gasteiger charge is -2.04. The molecule has 0 radical (unpaired) electrons. The molecule has 1 unspecified atom stereocenters. The van der Waals surface area contributed by atoms with Gasteiger partial charge < -0.3 is 0 Å². The van der Waals surface area contributed by atoms with Crippen molar-refractivity contribution < 1.29 is 0 Å². The van der Waals surface area contributed by atoms with E-state index in [0.717, 1.165) is 6.42 Å². The smallest absolute Gasteiger partial charge is 0.0860 e. The summed E-state index contributed by atoms with van der Waals surface area (Å²) in [6, 6.07) is 0. The second-order valence-corrected chi connectivity index (χ2v) is 5.02. The molecular formula is C4H7Br2Cl. The molecule has 0 heterocycles. The van der Waals surface area contributed by atoms with Gasteiger partial charge in [-0.25, -0.2) is 0 Å². The molecule has 3 heteroatoms. The number of halogens is 3. The zero-order valence-electron chi connectivity index (χ0n) is 4.00. The van der Waals surface area contributed by atoms with Crippen LogP contribution in [0.3, 0.4) is 0 Å². The molecule has 0 saturated carbocycles. The summed E-state index contributed by atoms with van der Waals surface area (Å²) in [7, 11) is 0. The van der Waals surface area contributed by atoms with Crippen LogP contribution in [0.25, 0.3) is 0 Å². The molecule has 0 aromatic rings. The lowest BCUT2D eigenvalue weighted by atomic mass is 10.4. The van der Waals surface area contributed by atoms with Crippen LogP contribution in [0.5, 0.6) is 0 Å². The van der Waals surface area contributed by atoms with Crippen molar-refractivity contribution in [2.45, 2.75) is 22.5 Å². The molecular weight excluding hydrogens is 243 g/mol. The molecule has 0 aromatic heterocycles. The first-order valence-electron chi connectivity index (χ1n) is 2.10. The summed E-state index contributed by atoms with van der Waals surface area (Å²) in [5.41, 5.74) is 0. The first kappa shape index (κ1) is 8.25. The summed E-state index contributed by atoms with van der Waals surface area (Å²) in [6.45, 7) is 2.05. The Morgan fingerprint density at radius 1 is 1.57 bits per heavy atom. The monoisotopic (exact) mass is 248 g/mol. The number of alkyl halides is 3. The summed E-state index contributed by atoms with van der Waals surface area (Å²) in [4.78, 5) is 0. The molecule has 0 saturated heterocycles. The van der Waals surface area contributed by atoms with E-state index in [1.807, 2.05) is 6.92 Å². The minimum atomic E-state index is 0.208. The summed E-state index contributed by atoms with van der Waals surface area (Å²) in [5.74, 6) is 0. The van der Waals surface area contributed by atoms with Gasteiger partial charge in [0.05, 0.1) is 9.11 Å². The second-order valence-electron chi connectivity index (χ2n) is 1.26. The molecule has 0 aliphatic heterocycles. The highest BCUT2D eigenvalue weighted by molar-refractivity contribution is 9.24. The Bertz CT molecular complexity index is 47.0. The molecule has 0 amide bonds. The van der Waals surface area contributed by atoms with Crippen LogP contribution in [0.2, 0.25) is 0 Å². The summed E-state index contributed by atoms with van der Waals surface area (Å²) in [5, 5.41) is 0.208. The highest BCUT2D eigenvalue weighted by atomic mass is 79.9. The van der Waals surface area contributed by atoms with Crippen LogP contribution in [0.4, 0.5) is 0 Å². The van der Waals surface area contributed by atoms with E-state index in [1.54, 1.807) is 0 Å². The quantitative estimate of drug-likeness (QED) is 0.661. The number of hydrogen-bond acceptors (Lipinski definition) is 0. The van der Waals surface area contributed by atoms with Crippen molar-refractivity contribution in [2.75, 3.05) is 0 Å². The highest BCUT2D eigenvalue weighted by Crippen LogP contribution is 2.20. The van der Waals surface area contributed by atoms with E-state index in [9.17, 15) is 0 Å². The zero-order chi connectivity index (χ0) is 5.86. The first-order valence-corrected chi connectivity index (χ1v) is 4.37. The second kappa shape index (κ2) is 4.16. The van der Waals surface area contributed by atoms with Crippen molar-refractivity contribution in [2.24, 2.45) is 0 Å². The third kappa shape index (κ3) is 3.80. The van der Waals surface area contributed by atoms with Gasteiger partial charge in [-0.3, -0.25) is 0 Å². The van der Waals surface area contributed by atoms with Crippen molar-refractivity contribution in [1.29, 1.82) is 0 Å². The van der Waals surface area contributed by atoms with Gasteiger partial charge in [0, 0.05) is 0 Å². The van der Waals surface area contributed by atoms with Crippen LogP contribution in [0, 0.1) is 0 Å². The maximum atomic E-state index is 5.71. The van der Waals surface area contributed by atoms with Gasteiger partial charge in [-0.15, -0.1) is 11.6 Å². The summed E-state index contributed by atoms with van der Waals surface area (Å²) >= 11 is 12.3. The van der Waals surface area contributed by atoms with Gasteiger partial charge in [-0.2, -0.15) is 0 Å². The Kier molecular flexibility index (Phi) is 4.90. The molecule has 0 rings (SSSR count). The van der Waals surface area contributed by atoms with Crippen LogP contribution in [-0.2, 0) is 0 Å². The van der Waals surface area contributed by atoms with E-state index in [-0.39, 0.29) is 9.11 Å². The standard InChI is InChI=1S/C4H7Br2Cl/c1-2-3(7)4(5)6/h3-4H,2H2,1H3. The highest BCUT2D eigenvalue weighted by Gasteiger charge is 2.07. The third-order valence-electron chi connectivity index (χ3n) is 0.663. The van der Waals surface area contributed by atoms with Crippen LogP contribution >= 0.6 is 43.5 Å². The van der Waals surface area contributed by atoms with Gasteiger partial charge in [0.1, 0.15) is 0 Å². The molecule has 0 aliphatic carbocycles. The van der Waals surface area contributed by atoms with E-state index < -0.39 is 0 Å². The Morgan fingerprint density at radius 3 is 2.00 bits per heavy atom. The predicted octanol–water partition coefficient (Wildman–Crippen LogP) is 3.12. The molecule has 0 aromatic carbocycles. The fourth-order valence-corrected chi connectivity index (χ4v) is 0.926. The van der Waals surface area contributed by atoms with Crippen molar-refractivity contribution in [1.82, 2.24) is 0 Å². The topological polar surface area (TPSA) is 0 Å². The Hall–Kier alpha value is 1.25. The molecule has 7 heavy (non-hydrogen) atoms. The van der Waals surface area contributed by atoms with Gasteiger partial charge in [-0.1, -0.05) is 38.8 Å². The molecule has 0 spiro atoms. The minimum absolute atomic E-state index is 0.208. The fraction of sp³-hybridized carbons (Fsp3) is 1.00. The molecule has 0 nitrogen and oxygen atoms in total. The average molecular weight is 250 g/mol. The SMILES string of the molecule is CCC(Cl)C(Br)Br.